The van der Waals surface area contributed by atoms with Crippen molar-refractivity contribution in [3.8, 4) is 0 Å². The number of rotatable bonds is 4. The van der Waals surface area contributed by atoms with Crippen LogP contribution in [0, 0.1) is 0 Å². The predicted octanol–water partition coefficient (Wildman–Crippen LogP) is 3.47. The van der Waals surface area contributed by atoms with Crippen molar-refractivity contribution in [1.82, 2.24) is 20.4 Å². The molecule has 1 aliphatic heterocycles. The Morgan fingerprint density at radius 3 is 2.58 bits per heavy atom. The van der Waals surface area contributed by atoms with Gasteiger partial charge in [0.1, 0.15) is 0 Å². The van der Waals surface area contributed by atoms with E-state index >= 15 is 0 Å². The summed E-state index contributed by atoms with van der Waals surface area (Å²) >= 11 is 0. The number of halogens is 1. The van der Waals surface area contributed by atoms with Gasteiger partial charge in [-0.3, -0.25) is 4.79 Å². The van der Waals surface area contributed by atoms with E-state index in [0.29, 0.717) is 17.2 Å². The van der Waals surface area contributed by atoms with E-state index in [1.165, 1.54) is 0 Å². The van der Waals surface area contributed by atoms with Gasteiger partial charge < -0.3 is 14.7 Å². The van der Waals surface area contributed by atoms with Crippen LogP contribution in [0.1, 0.15) is 73.1 Å². The van der Waals surface area contributed by atoms with Crippen LogP contribution >= 0.6 is 12.4 Å². The fraction of sp³-hybridized carbons (Fsp3) is 0.632. The second-order valence-corrected chi connectivity index (χ2v) is 7.67. The monoisotopic (exact) mass is 378 g/mol. The number of carbonyl (C=O) groups excluding carboxylic acids is 1. The van der Waals surface area contributed by atoms with Crippen LogP contribution in [-0.2, 0) is 0 Å². The van der Waals surface area contributed by atoms with E-state index in [1.807, 2.05) is 18.0 Å². The molecule has 2 aromatic heterocycles. The van der Waals surface area contributed by atoms with Gasteiger partial charge in [-0.2, -0.15) is 0 Å². The molecule has 2 fully saturated rings. The first-order valence-electron chi connectivity index (χ1n) is 9.34. The molecule has 0 radical (unpaired) electrons. The predicted molar refractivity (Wildman–Crippen MR) is 103 cm³/mol. The maximum atomic E-state index is 13.3. The summed E-state index contributed by atoms with van der Waals surface area (Å²) in [5, 5.41) is 8.37. The van der Waals surface area contributed by atoms with Gasteiger partial charge in [0.25, 0.3) is 11.6 Å². The Balaban J connectivity index is 0.00000196. The van der Waals surface area contributed by atoms with Crippen molar-refractivity contribution < 1.29 is 9.32 Å². The van der Waals surface area contributed by atoms with E-state index in [9.17, 15) is 4.79 Å². The molecule has 0 unspecified atom stereocenters. The number of nitrogens with zero attached hydrogens (tertiary/aromatic N) is 3. The second kappa shape index (κ2) is 7.53. The molecule has 1 aliphatic carbocycles. The van der Waals surface area contributed by atoms with Crippen LogP contribution in [0.5, 0.6) is 0 Å². The van der Waals surface area contributed by atoms with Gasteiger partial charge in [-0.1, -0.05) is 19.0 Å². The molecule has 3 heterocycles. The largest absolute Gasteiger partial charge is 0.339 e. The van der Waals surface area contributed by atoms with Crippen LogP contribution in [0.15, 0.2) is 10.6 Å². The number of nitrogens with one attached hydrogen (secondary N) is 1. The maximum absolute atomic E-state index is 13.3. The lowest BCUT2D eigenvalue weighted by Crippen LogP contribution is -2.44. The first-order valence-corrected chi connectivity index (χ1v) is 9.34. The molecule has 0 atom stereocenters. The van der Waals surface area contributed by atoms with Gasteiger partial charge in [-0.25, -0.2) is 4.98 Å². The molecular formula is C19H27ClN4O2. The summed E-state index contributed by atoms with van der Waals surface area (Å²) < 4.78 is 5.50. The first kappa shape index (κ1) is 19.1. The van der Waals surface area contributed by atoms with Gasteiger partial charge >= 0.3 is 0 Å². The summed E-state index contributed by atoms with van der Waals surface area (Å²) in [6.07, 6.45) is 4.27. The maximum Gasteiger partial charge on any atom is 0.259 e. The highest BCUT2D eigenvalue weighted by Crippen LogP contribution is 2.41. The van der Waals surface area contributed by atoms with Gasteiger partial charge in [0.15, 0.2) is 0 Å². The Morgan fingerprint density at radius 2 is 1.96 bits per heavy atom. The smallest absolute Gasteiger partial charge is 0.259 e. The van der Waals surface area contributed by atoms with Gasteiger partial charge in [0, 0.05) is 24.7 Å². The summed E-state index contributed by atoms with van der Waals surface area (Å²) in [7, 11) is 1.92. The highest BCUT2D eigenvalue weighted by Gasteiger charge is 2.31. The topological polar surface area (TPSA) is 71.3 Å². The third kappa shape index (κ3) is 3.45. The Morgan fingerprint density at radius 1 is 1.27 bits per heavy atom. The van der Waals surface area contributed by atoms with E-state index in [-0.39, 0.29) is 30.3 Å². The number of hydrogen-bond acceptors (Lipinski definition) is 5. The fourth-order valence-corrected chi connectivity index (χ4v) is 3.69. The van der Waals surface area contributed by atoms with Crippen molar-refractivity contribution >= 4 is 29.4 Å². The molecule has 6 nitrogen and oxygen atoms in total. The Hall–Kier alpha value is -1.66. The van der Waals surface area contributed by atoms with Crippen molar-refractivity contribution in [3.63, 3.8) is 0 Å². The molecule has 2 aromatic rings. The van der Waals surface area contributed by atoms with Crippen LogP contribution in [-0.4, -0.2) is 47.1 Å². The van der Waals surface area contributed by atoms with Crippen LogP contribution in [0.2, 0.25) is 0 Å². The molecule has 26 heavy (non-hydrogen) atoms. The average Bonchev–Trinajstić information content (AvgIpc) is 3.39. The van der Waals surface area contributed by atoms with Gasteiger partial charge in [-0.15, -0.1) is 12.4 Å². The molecule has 4 rings (SSSR count). The standard InChI is InChI=1S/C19H26N4O2.ClH/c1-11(2)17-16-14(19(24)23(3)13-6-8-20-9-7-13)10-15(12-4-5-12)21-18(16)25-22-17;/h10-13,20H,4-9H2,1-3H3;1H. The van der Waals surface area contributed by atoms with Gasteiger partial charge in [-0.05, 0) is 50.8 Å². The summed E-state index contributed by atoms with van der Waals surface area (Å²) in [5.41, 5.74) is 3.01. The zero-order valence-corrected chi connectivity index (χ0v) is 16.4. The van der Waals surface area contributed by atoms with Crippen LogP contribution in [0.4, 0.5) is 0 Å². The molecule has 1 saturated carbocycles. The number of piperidine rings is 1. The van der Waals surface area contributed by atoms with Crippen molar-refractivity contribution in [2.24, 2.45) is 0 Å². The molecule has 7 heteroatoms. The van der Waals surface area contributed by atoms with Gasteiger partial charge in [0.2, 0.25) is 0 Å². The molecular weight excluding hydrogens is 352 g/mol. The lowest BCUT2D eigenvalue weighted by Gasteiger charge is -2.32. The lowest BCUT2D eigenvalue weighted by atomic mass is 9.99. The fourth-order valence-electron chi connectivity index (χ4n) is 3.69. The van der Waals surface area contributed by atoms with E-state index in [1.54, 1.807) is 0 Å². The van der Waals surface area contributed by atoms with Crippen LogP contribution in [0.3, 0.4) is 0 Å². The number of fused-ring (bicyclic) bond motifs is 1. The van der Waals surface area contributed by atoms with Crippen molar-refractivity contribution in [3.05, 3.63) is 23.0 Å². The van der Waals surface area contributed by atoms with Crippen molar-refractivity contribution in [2.45, 2.75) is 57.4 Å². The molecule has 1 saturated heterocycles. The number of pyridine rings is 1. The molecule has 142 valence electrons. The summed E-state index contributed by atoms with van der Waals surface area (Å²) in [4.78, 5) is 19.9. The van der Waals surface area contributed by atoms with Crippen LogP contribution in [0.25, 0.3) is 11.1 Å². The zero-order valence-electron chi connectivity index (χ0n) is 15.6. The lowest BCUT2D eigenvalue weighted by molar-refractivity contribution is 0.0705. The highest BCUT2D eigenvalue weighted by atomic mass is 35.5. The summed E-state index contributed by atoms with van der Waals surface area (Å²) in [6, 6.07) is 2.27. The molecule has 2 aliphatic rings. The average molecular weight is 379 g/mol. The minimum atomic E-state index is 0. The first-order chi connectivity index (χ1) is 12.1. The second-order valence-electron chi connectivity index (χ2n) is 7.67. The molecule has 1 amide bonds. The van der Waals surface area contributed by atoms with Gasteiger partial charge in [0.05, 0.1) is 16.6 Å². The third-order valence-electron chi connectivity index (χ3n) is 5.44. The normalized spacial score (nSPS) is 18.2. The third-order valence-corrected chi connectivity index (χ3v) is 5.44. The number of amides is 1. The zero-order chi connectivity index (χ0) is 17.6. The summed E-state index contributed by atoms with van der Waals surface area (Å²) in [5.74, 6) is 0.713. The number of carbonyl (C=O) groups is 1. The van der Waals surface area contributed by atoms with E-state index < -0.39 is 0 Å². The molecule has 1 N–H and O–H groups in total. The minimum absolute atomic E-state index is 0. The summed E-state index contributed by atoms with van der Waals surface area (Å²) in [6.45, 7) is 6.06. The number of hydrogen-bond donors (Lipinski definition) is 1. The minimum Gasteiger partial charge on any atom is -0.339 e. The molecule has 0 spiro atoms. The SMILES string of the molecule is CC(C)c1noc2nc(C3CC3)cc(C(=O)N(C)C3CCNCC3)c12.Cl. The quantitative estimate of drug-likeness (QED) is 0.881. The Bertz CT molecular complexity index is 794. The van der Waals surface area contributed by atoms with Crippen molar-refractivity contribution in [2.75, 3.05) is 20.1 Å². The number of aromatic nitrogens is 2. The molecule has 0 bridgehead atoms. The van der Waals surface area contributed by atoms with Crippen LogP contribution < -0.4 is 5.32 Å². The van der Waals surface area contributed by atoms with E-state index in [2.05, 4.69) is 29.3 Å². The van der Waals surface area contributed by atoms with Crippen molar-refractivity contribution in [1.29, 1.82) is 0 Å². The van der Waals surface area contributed by atoms with E-state index in [0.717, 1.165) is 55.5 Å². The highest BCUT2D eigenvalue weighted by molar-refractivity contribution is 6.06. The molecule has 0 aromatic carbocycles. The Labute approximate surface area is 160 Å². The van der Waals surface area contributed by atoms with E-state index in [4.69, 9.17) is 4.52 Å². The Kier molecular flexibility index (Phi) is 5.53.